The second kappa shape index (κ2) is 6.65. The molecule has 1 saturated carbocycles. The Hall–Kier alpha value is -1.28. The Kier molecular flexibility index (Phi) is 5.10. The number of hydrogen-bond donors (Lipinski definition) is 2. The number of nitrogens with one attached hydrogen (secondary N) is 2. The summed E-state index contributed by atoms with van der Waals surface area (Å²) in [6, 6.07) is 0. The number of carbonyl (C=O) groups is 1. The molecule has 2 N–H and O–H groups in total. The molecule has 8 heteroatoms. The highest BCUT2D eigenvalue weighted by Gasteiger charge is 2.43. The Morgan fingerprint density at radius 1 is 1.67 bits per heavy atom. The molecule has 2 rings (SSSR count). The average Bonchev–Trinajstić information content (AvgIpc) is 2.79. The largest absolute Gasteiger partial charge is 0.465 e. The lowest BCUT2D eigenvalue weighted by Crippen LogP contribution is -2.54. The Labute approximate surface area is 127 Å². The van der Waals surface area contributed by atoms with E-state index in [9.17, 15) is 9.59 Å². The molecule has 1 aliphatic carbocycles. The highest BCUT2D eigenvalue weighted by atomic mass is 32.2. The SMILES string of the molecule is CCOC(=O)C1(NC)CCCC(Sc2n[nH]c(=O)n2C)C1. The third-order valence-electron chi connectivity index (χ3n) is 3.96. The molecule has 1 aliphatic rings. The van der Waals surface area contributed by atoms with Gasteiger partial charge in [-0.1, -0.05) is 11.8 Å². The zero-order valence-electron chi connectivity index (χ0n) is 12.6. The molecule has 0 bridgehead atoms. The van der Waals surface area contributed by atoms with E-state index in [0.717, 1.165) is 19.3 Å². The van der Waals surface area contributed by atoms with E-state index in [1.807, 2.05) is 6.92 Å². The first-order valence-electron chi connectivity index (χ1n) is 7.16. The van der Waals surface area contributed by atoms with Gasteiger partial charge in [-0.15, -0.1) is 5.10 Å². The van der Waals surface area contributed by atoms with Crippen molar-refractivity contribution in [2.45, 2.75) is 48.6 Å². The van der Waals surface area contributed by atoms with Crippen LogP contribution in [0.4, 0.5) is 0 Å². The number of rotatable bonds is 5. The van der Waals surface area contributed by atoms with Gasteiger partial charge in [0, 0.05) is 12.3 Å². The molecule has 118 valence electrons. The van der Waals surface area contributed by atoms with Crippen molar-refractivity contribution in [3.05, 3.63) is 10.5 Å². The first-order chi connectivity index (χ1) is 10.0. The summed E-state index contributed by atoms with van der Waals surface area (Å²) in [6.45, 7) is 2.20. The van der Waals surface area contributed by atoms with Crippen LogP contribution in [0.1, 0.15) is 32.6 Å². The maximum absolute atomic E-state index is 12.2. The van der Waals surface area contributed by atoms with Crippen LogP contribution in [-0.4, -0.2) is 45.2 Å². The van der Waals surface area contributed by atoms with Crippen LogP contribution in [0, 0.1) is 0 Å². The van der Waals surface area contributed by atoms with E-state index in [1.165, 1.54) is 16.3 Å². The number of H-pyrrole nitrogens is 1. The fraction of sp³-hybridized carbons (Fsp3) is 0.769. The molecule has 0 radical (unpaired) electrons. The summed E-state index contributed by atoms with van der Waals surface area (Å²) in [7, 11) is 3.49. The zero-order valence-corrected chi connectivity index (χ0v) is 13.5. The summed E-state index contributed by atoms with van der Waals surface area (Å²) in [5.41, 5.74) is -0.847. The summed E-state index contributed by atoms with van der Waals surface area (Å²) in [4.78, 5) is 23.7. The van der Waals surface area contributed by atoms with Crippen LogP contribution >= 0.6 is 11.8 Å². The standard InChI is InChI=1S/C13H22N4O3S/c1-4-20-10(18)13(14-2)7-5-6-9(8-13)21-12-16-15-11(19)17(12)3/h9,14H,4-8H2,1-3H3,(H,15,19). The van der Waals surface area contributed by atoms with Crippen molar-refractivity contribution >= 4 is 17.7 Å². The van der Waals surface area contributed by atoms with Crippen molar-refractivity contribution in [2.75, 3.05) is 13.7 Å². The summed E-state index contributed by atoms with van der Waals surface area (Å²) in [5.74, 6) is -0.186. The molecule has 21 heavy (non-hydrogen) atoms. The highest BCUT2D eigenvalue weighted by Crippen LogP contribution is 2.37. The summed E-state index contributed by atoms with van der Waals surface area (Å²) in [5, 5.41) is 10.5. The maximum Gasteiger partial charge on any atom is 0.343 e. The minimum absolute atomic E-state index is 0.186. The second-order valence-electron chi connectivity index (χ2n) is 5.26. The van der Waals surface area contributed by atoms with Gasteiger partial charge in [0.2, 0.25) is 0 Å². The lowest BCUT2D eigenvalue weighted by molar-refractivity contribution is -0.152. The lowest BCUT2D eigenvalue weighted by Gasteiger charge is -2.38. The van der Waals surface area contributed by atoms with Gasteiger partial charge in [-0.3, -0.25) is 9.36 Å². The number of aromatic nitrogens is 3. The molecule has 0 aromatic carbocycles. The molecule has 2 atom stereocenters. The van der Waals surface area contributed by atoms with E-state index in [-0.39, 0.29) is 16.9 Å². The number of hydrogen-bond acceptors (Lipinski definition) is 6. The molecule has 1 heterocycles. The molecular weight excluding hydrogens is 292 g/mol. The molecule has 0 aliphatic heterocycles. The fourth-order valence-electron chi connectivity index (χ4n) is 2.70. The Bertz CT molecular complexity index is 556. The number of esters is 1. The number of likely N-dealkylation sites (N-methyl/N-ethyl adjacent to an activating group) is 1. The second-order valence-corrected chi connectivity index (χ2v) is 6.53. The number of nitrogens with zero attached hydrogens (tertiary/aromatic N) is 2. The van der Waals surface area contributed by atoms with E-state index < -0.39 is 5.54 Å². The normalized spacial score (nSPS) is 25.8. The van der Waals surface area contributed by atoms with Gasteiger partial charge in [-0.05, 0) is 39.7 Å². The van der Waals surface area contributed by atoms with Gasteiger partial charge in [0.05, 0.1) is 6.61 Å². The molecule has 0 saturated heterocycles. The minimum Gasteiger partial charge on any atom is -0.465 e. The molecular formula is C13H22N4O3S. The number of aromatic amines is 1. The first-order valence-corrected chi connectivity index (χ1v) is 8.04. The van der Waals surface area contributed by atoms with Crippen molar-refractivity contribution in [3.63, 3.8) is 0 Å². The van der Waals surface area contributed by atoms with E-state index in [4.69, 9.17) is 4.74 Å². The summed E-state index contributed by atoms with van der Waals surface area (Å²) < 4.78 is 6.71. The molecule has 1 fully saturated rings. The van der Waals surface area contributed by atoms with E-state index >= 15 is 0 Å². The van der Waals surface area contributed by atoms with Crippen molar-refractivity contribution < 1.29 is 9.53 Å². The van der Waals surface area contributed by atoms with Crippen LogP contribution in [0.2, 0.25) is 0 Å². The van der Waals surface area contributed by atoms with Crippen LogP contribution in [0.5, 0.6) is 0 Å². The molecule has 0 amide bonds. The van der Waals surface area contributed by atoms with Gasteiger partial charge in [0.25, 0.3) is 0 Å². The lowest BCUT2D eigenvalue weighted by atomic mass is 9.81. The van der Waals surface area contributed by atoms with Crippen LogP contribution in [0.25, 0.3) is 0 Å². The number of thioether (sulfide) groups is 1. The minimum atomic E-state index is -0.624. The predicted octanol–water partition coefficient (Wildman–Crippen LogP) is 0.664. The Morgan fingerprint density at radius 3 is 3.00 bits per heavy atom. The molecule has 2 unspecified atom stereocenters. The monoisotopic (exact) mass is 314 g/mol. The van der Waals surface area contributed by atoms with E-state index in [0.29, 0.717) is 18.2 Å². The highest BCUT2D eigenvalue weighted by molar-refractivity contribution is 7.99. The Morgan fingerprint density at radius 2 is 2.43 bits per heavy atom. The molecule has 1 aromatic rings. The van der Waals surface area contributed by atoms with Gasteiger partial charge in [0.15, 0.2) is 5.16 Å². The van der Waals surface area contributed by atoms with Crippen molar-refractivity contribution in [2.24, 2.45) is 7.05 Å². The zero-order chi connectivity index (χ0) is 15.5. The van der Waals surface area contributed by atoms with E-state index in [2.05, 4.69) is 15.5 Å². The van der Waals surface area contributed by atoms with Crippen LogP contribution in [0.15, 0.2) is 9.95 Å². The fourth-order valence-corrected chi connectivity index (χ4v) is 3.99. The van der Waals surface area contributed by atoms with Crippen LogP contribution in [0.3, 0.4) is 0 Å². The van der Waals surface area contributed by atoms with Gasteiger partial charge in [0.1, 0.15) is 5.54 Å². The van der Waals surface area contributed by atoms with Gasteiger partial charge in [-0.25, -0.2) is 9.89 Å². The van der Waals surface area contributed by atoms with Crippen molar-refractivity contribution in [3.8, 4) is 0 Å². The molecule has 0 spiro atoms. The quantitative estimate of drug-likeness (QED) is 0.776. The third kappa shape index (κ3) is 3.32. The van der Waals surface area contributed by atoms with Crippen LogP contribution in [-0.2, 0) is 16.6 Å². The van der Waals surface area contributed by atoms with Crippen LogP contribution < -0.4 is 11.0 Å². The molecule has 7 nitrogen and oxygen atoms in total. The predicted molar refractivity (Wildman–Crippen MR) is 80.4 cm³/mol. The van der Waals surface area contributed by atoms with E-state index in [1.54, 1.807) is 14.1 Å². The smallest absolute Gasteiger partial charge is 0.343 e. The third-order valence-corrected chi connectivity index (χ3v) is 5.27. The maximum atomic E-state index is 12.2. The Balaban J connectivity index is 2.10. The van der Waals surface area contributed by atoms with Gasteiger partial charge in [-0.2, -0.15) is 0 Å². The van der Waals surface area contributed by atoms with Gasteiger partial charge >= 0.3 is 11.7 Å². The number of carbonyl (C=O) groups excluding carboxylic acids is 1. The molecule has 1 aromatic heterocycles. The van der Waals surface area contributed by atoms with Gasteiger partial charge < -0.3 is 10.1 Å². The van der Waals surface area contributed by atoms with Crippen molar-refractivity contribution in [1.82, 2.24) is 20.1 Å². The van der Waals surface area contributed by atoms with Crippen molar-refractivity contribution in [1.29, 1.82) is 0 Å². The number of ether oxygens (including phenoxy) is 1. The summed E-state index contributed by atoms with van der Waals surface area (Å²) >= 11 is 1.54. The summed E-state index contributed by atoms with van der Waals surface area (Å²) in [6.07, 6.45) is 3.39. The first kappa shape index (κ1) is 16.1. The topological polar surface area (TPSA) is 89.0 Å². The average molecular weight is 314 g/mol.